The number of aromatic nitrogens is 1. The molecule has 0 atom stereocenters. The van der Waals surface area contributed by atoms with Gasteiger partial charge in [0.15, 0.2) is 5.13 Å². The second-order valence-electron chi connectivity index (χ2n) is 5.31. The highest BCUT2D eigenvalue weighted by atomic mass is 35.5. The first-order chi connectivity index (χ1) is 11.6. The quantitative estimate of drug-likeness (QED) is 0.296. The Morgan fingerprint density at radius 1 is 1.32 bits per heavy atom. The molecule has 0 aliphatic heterocycles. The largest absolute Gasteiger partial charge is 0.383 e. The first-order valence-electron chi connectivity index (χ1n) is 7.34. The third-order valence-corrected chi connectivity index (χ3v) is 6.60. The number of nitrogens with zero attached hydrogens (tertiary/aromatic N) is 1. The Kier molecular flexibility index (Phi) is 6.89. The van der Waals surface area contributed by atoms with E-state index in [0.717, 1.165) is 32.0 Å². The monoisotopic (exact) mass is 410 g/mol. The molecular formula is C17H19ClN4S3. The number of thiophene rings is 1. The van der Waals surface area contributed by atoms with Gasteiger partial charge in [-0.3, -0.25) is 5.41 Å². The van der Waals surface area contributed by atoms with Crippen molar-refractivity contribution in [3.63, 3.8) is 0 Å². The topological polar surface area (TPSA) is 74.8 Å². The van der Waals surface area contributed by atoms with Crippen LogP contribution in [0.15, 0.2) is 39.9 Å². The van der Waals surface area contributed by atoms with Gasteiger partial charge in [0.25, 0.3) is 0 Å². The first kappa shape index (κ1) is 19.8. The number of rotatable bonds is 6. The summed E-state index contributed by atoms with van der Waals surface area (Å²) in [7, 11) is 0. The molecular weight excluding hydrogens is 392 g/mol. The number of thiazole rings is 1. The van der Waals surface area contributed by atoms with E-state index in [1.165, 1.54) is 11.1 Å². The minimum absolute atomic E-state index is 0. The summed E-state index contributed by atoms with van der Waals surface area (Å²) in [5.74, 6) is 0.106. The molecule has 2 heterocycles. The Hall–Kier alpha value is -1.54. The van der Waals surface area contributed by atoms with Gasteiger partial charge in [-0.25, -0.2) is 4.98 Å². The van der Waals surface area contributed by atoms with Crippen LogP contribution in [-0.4, -0.2) is 17.1 Å². The molecule has 132 valence electrons. The summed E-state index contributed by atoms with van der Waals surface area (Å²) in [6.07, 6.45) is 2.03. The zero-order valence-electron chi connectivity index (χ0n) is 13.8. The average Bonchev–Trinajstić information content (AvgIpc) is 3.20. The van der Waals surface area contributed by atoms with Gasteiger partial charge < -0.3 is 11.1 Å². The molecule has 4 nitrogen and oxygen atoms in total. The fraction of sp³-hybridized carbons (Fsp3) is 0.176. The highest BCUT2D eigenvalue weighted by Crippen LogP contribution is 2.38. The molecule has 25 heavy (non-hydrogen) atoms. The van der Waals surface area contributed by atoms with E-state index in [0.29, 0.717) is 0 Å². The second kappa shape index (κ2) is 8.71. The molecule has 0 fully saturated rings. The van der Waals surface area contributed by atoms with E-state index in [9.17, 15) is 0 Å². The van der Waals surface area contributed by atoms with Gasteiger partial charge in [0.05, 0.1) is 14.8 Å². The van der Waals surface area contributed by atoms with Crippen molar-refractivity contribution >= 4 is 57.8 Å². The lowest BCUT2D eigenvalue weighted by Crippen LogP contribution is -2.08. The van der Waals surface area contributed by atoms with E-state index < -0.39 is 0 Å². The zero-order chi connectivity index (χ0) is 17.1. The summed E-state index contributed by atoms with van der Waals surface area (Å²) < 4.78 is 1.13. The molecule has 0 saturated carbocycles. The molecule has 0 amide bonds. The Morgan fingerprint density at radius 2 is 2.04 bits per heavy atom. The van der Waals surface area contributed by atoms with E-state index in [-0.39, 0.29) is 18.2 Å². The molecule has 4 N–H and O–H groups in total. The van der Waals surface area contributed by atoms with Gasteiger partial charge >= 0.3 is 0 Å². The lowest BCUT2D eigenvalue weighted by atomic mass is 10.1. The third-order valence-electron chi connectivity index (χ3n) is 3.49. The Morgan fingerprint density at radius 3 is 2.68 bits per heavy atom. The molecule has 3 rings (SSSR count). The van der Waals surface area contributed by atoms with Crippen molar-refractivity contribution in [3.8, 4) is 11.3 Å². The maximum absolute atomic E-state index is 7.61. The summed E-state index contributed by atoms with van der Waals surface area (Å²) >= 11 is 4.79. The average molecular weight is 411 g/mol. The van der Waals surface area contributed by atoms with Gasteiger partial charge in [-0.15, -0.1) is 46.8 Å². The number of nitrogens with two attached hydrogens (primary N) is 1. The Bertz CT molecular complexity index is 855. The maximum Gasteiger partial charge on any atom is 0.183 e. The standard InChI is InChI=1S/C17H18N4S3.ClH/c1-10-3-5-11(6-4-10)8-20-17-21-13(9-23-17)12-7-14(15(18)19)24-16(12)22-2;/h3-7,9H,8H2,1-2H3,(H3,18,19)(H,20,21);1H. The van der Waals surface area contributed by atoms with E-state index in [4.69, 9.17) is 11.1 Å². The van der Waals surface area contributed by atoms with Crippen LogP contribution in [0.5, 0.6) is 0 Å². The molecule has 0 radical (unpaired) electrons. The van der Waals surface area contributed by atoms with Crippen LogP contribution in [0.4, 0.5) is 5.13 Å². The predicted molar refractivity (Wildman–Crippen MR) is 114 cm³/mol. The lowest BCUT2D eigenvalue weighted by molar-refractivity contribution is 1.13. The summed E-state index contributed by atoms with van der Waals surface area (Å²) in [6.45, 7) is 2.84. The van der Waals surface area contributed by atoms with Crippen LogP contribution in [0, 0.1) is 12.3 Å². The summed E-state index contributed by atoms with van der Waals surface area (Å²) in [4.78, 5) is 5.47. The van der Waals surface area contributed by atoms with Crippen LogP contribution in [0.25, 0.3) is 11.3 Å². The number of nitrogens with one attached hydrogen (secondary N) is 2. The molecule has 0 spiro atoms. The summed E-state index contributed by atoms with van der Waals surface area (Å²) in [5, 5.41) is 13.9. The van der Waals surface area contributed by atoms with Crippen LogP contribution in [0.2, 0.25) is 0 Å². The predicted octanol–water partition coefficient (Wildman–Crippen LogP) is 5.22. The summed E-state index contributed by atoms with van der Waals surface area (Å²) in [6, 6.07) is 10.4. The molecule has 0 unspecified atom stereocenters. The maximum atomic E-state index is 7.61. The number of nitrogen functional groups attached to an aromatic ring is 1. The molecule has 8 heteroatoms. The van der Waals surface area contributed by atoms with Crippen molar-refractivity contribution in [2.24, 2.45) is 5.73 Å². The van der Waals surface area contributed by atoms with Crippen molar-refractivity contribution in [2.45, 2.75) is 17.7 Å². The van der Waals surface area contributed by atoms with E-state index in [2.05, 4.69) is 41.5 Å². The minimum Gasteiger partial charge on any atom is -0.383 e. The number of halogens is 1. The normalized spacial score (nSPS) is 10.3. The van der Waals surface area contributed by atoms with Gasteiger partial charge in [0, 0.05) is 17.5 Å². The van der Waals surface area contributed by atoms with Crippen LogP contribution in [0.1, 0.15) is 16.0 Å². The number of thioether (sulfide) groups is 1. The number of amidine groups is 1. The van der Waals surface area contributed by atoms with Gasteiger partial charge in [-0.05, 0) is 24.8 Å². The highest BCUT2D eigenvalue weighted by Gasteiger charge is 2.14. The summed E-state index contributed by atoms with van der Waals surface area (Å²) in [5.41, 5.74) is 10.1. The van der Waals surface area contributed by atoms with Crippen LogP contribution >= 0.6 is 46.8 Å². The number of benzene rings is 1. The lowest BCUT2D eigenvalue weighted by Gasteiger charge is -2.03. The van der Waals surface area contributed by atoms with Crippen LogP contribution in [-0.2, 0) is 6.54 Å². The van der Waals surface area contributed by atoms with E-state index in [1.54, 1.807) is 34.4 Å². The smallest absolute Gasteiger partial charge is 0.183 e. The van der Waals surface area contributed by atoms with Crippen molar-refractivity contribution in [3.05, 3.63) is 51.7 Å². The van der Waals surface area contributed by atoms with E-state index >= 15 is 0 Å². The zero-order valence-corrected chi connectivity index (χ0v) is 17.1. The first-order valence-corrected chi connectivity index (χ1v) is 10.3. The van der Waals surface area contributed by atoms with Crippen LogP contribution < -0.4 is 11.1 Å². The molecule has 0 saturated heterocycles. The van der Waals surface area contributed by atoms with Crippen molar-refractivity contribution < 1.29 is 0 Å². The molecule has 1 aromatic carbocycles. The molecule has 0 aliphatic carbocycles. The Balaban J connectivity index is 0.00000225. The highest BCUT2D eigenvalue weighted by molar-refractivity contribution is 8.00. The number of aryl methyl sites for hydroxylation is 1. The van der Waals surface area contributed by atoms with Gasteiger partial charge in [0.1, 0.15) is 5.84 Å². The molecule has 2 aromatic heterocycles. The van der Waals surface area contributed by atoms with Gasteiger partial charge in [-0.1, -0.05) is 29.8 Å². The molecule has 3 aromatic rings. The molecule has 0 bridgehead atoms. The number of anilines is 1. The Labute approximate surface area is 165 Å². The fourth-order valence-electron chi connectivity index (χ4n) is 2.20. The number of hydrogen-bond donors (Lipinski definition) is 3. The third kappa shape index (κ3) is 4.76. The fourth-order valence-corrected chi connectivity index (χ4v) is 4.65. The van der Waals surface area contributed by atoms with Crippen molar-refractivity contribution in [2.75, 3.05) is 11.6 Å². The van der Waals surface area contributed by atoms with Crippen molar-refractivity contribution in [1.29, 1.82) is 5.41 Å². The SMILES string of the molecule is CSc1sc(C(=N)N)cc1-c1csc(NCc2ccc(C)cc2)n1.Cl. The van der Waals surface area contributed by atoms with Gasteiger partial charge in [0.2, 0.25) is 0 Å². The minimum atomic E-state index is 0. The molecule has 0 aliphatic rings. The van der Waals surface area contributed by atoms with Gasteiger partial charge in [-0.2, -0.15) is 0 Å². The number of hydrogen-bond acceptors (Lipinski definition) is 6. The van der Waals surface area contributed by atoms with Crippen molar-refractivity contribution in [1.82, 2.24) is 4.98 Å². The van der Waals surface area contributed by atoms with Crippen LogP contribution in [0.3, 0.4) is 0 Å². The second-order valence-corrected chi connectivity index (χ2v) is 8.29. The van der Waals surface area contributed by atoms with E-state index in [1.807, 2.05) is 17.7 Å².